The van der Waals surface area contributed by atoms with E-state index in [-0.39, 0.29) is 26.4 Å². The van der Waals surface area contributed by atoms with Gasteiger partial charge in [0.25, 0.3) is 0 Å². The van der Waals surface area contributed by atoms with Crippen LogP contribution in [-0.4, -0.2) is 45.7 Å². The number of ether oxygens (including phenoxy) is 3. The molecule has 0 N–H and O–H groups in total. The minimum absolute atomic E-state index is 0.0591. The fourth-order valence-corrected chi connectivity index (χ4v) is 0.635. The average molecular weight is 248 g/mol. The molecule has 98 valence electrons. The van der Waals surface area contributed by atoms with E-state index in [0.29, 0.717) is 5.57 Å². The number of rotatable bonds is 8. The van der Waals surface area contributed by atoms with Crippen molar-refractivity contribution in [3.8, 4) is 0 Å². The first kappa shape index (κ1) is 15.4. The van der Waals surface area contributed by atoms with Crippen LogP contribution in [0.5, 0.6) is 0 Å². The Morgan fingerprint density at radius 2 is 1.76 bits per heavy atom. The molecule has 0 atom stereocenters. The van der Waals surface area contributed by atoms with Crippen molar-refractivity contribution in [3.05, 3.63) is 12.2 Å². The Bertz CT molecular complexity index is 261. The molecule has 0 aliphatic heterocycles. The Balaban J connectivity index is 3.22. The number of carbonyl (C=O) groups excluding carboxylic acids is 2. The van der Waals surface area contributed by atoms with Crippen molar-refractivity contribution in [1.82, 2.24) is 0 Å². The summed E-state index contributed by atoms with van der Waals surface area (Å²) in [5.41, 5.74) is 0.333. The van der Waals surface area contributed by atoms with E-state index < -0.39 is 12.1 Å². The second-order valence-electron chi connectivity index (χ2n) is 2.89. The molecule has 17 heavy (non-hydrogen) atoms. The Morgan fingerprint density at radius 1 is 1.12 bits per heavy atom. The number of carbonyl (C=O) groups is 2. The summed E-state index contributed by atoms with van der Waals surface area (Å²) in [5, 5.41) is 0. The van der Waals surface area contributed by atoms with Crippen molar-refractivity contribution in [2.75, 3.05) is 33.5 Å². The molecule has 0 unspecified atom stereocenters. The van der Waals surface area contributed by atoms with Gasteiger partial charge in [0, 0.05) is 5.57 Å². The molecule has 0 fully saturated rings. The van der Waals surface area contributed by atoms with Crippen LogP contribution in [0, 0.1) is 0 Å². The average Bonchev–Trinajstić information content (AvgIpc) is 2.31. The molecule has 0 aliphatic rings. The van der Waals surface area contributed by atoms with Gasteiger partial charge < -0.3 is 14.2 Å². The zero-order valence-electron chi connectivity index (χ0n) is 9.89. The van der Waals surface area contributed by atoms with Crippen LogP contribution in [0.4, 0.5) is 4.79 Å². The van der Waals surface area contributed by atoms with Gasteiger partial charge in [-0.25, -0.2) is 9.59 Å². The molecule has 7 nitrogen and oxygen atoms in total. The van der Waals surface area contributed by atoms with Gasteiger partial charge in [-0.05, 0) is 6.92 Å². The Kier molecular flexibility index (Phi) is 8.71. The summed E-state index contributed by atoms with van der Waals surface area (Å²) < 4.78 is 13.9. The predicted octanol–water partition coefficient (Wildman–Crippen LogP) is 0.837. The highest BCUT2D eigenvalue weighted by atomic mass is 17.2. The number of esters is 1. The lowest BCUT2D eigenvalue weighted by Gasteiger charge is -2.05. The Morgan fingerprint density at radius 3 is 2.35 bits per heavy atom. The normalized spacial score (nSPS) is 9.53. The summed E-state index contributed by atoms with van der Waals surface area (Å²) in [6.07, 6.45) is -0.930. The largest absolute Gasteiger partial charge is 0.540 e. The summed E-state index contributed by atoms with van der Waals surface area (Å²) in [6.45, 7) is 5.59. The van der Waals surface area contributed by atoms with Gasteiger partial charge in [0.15, 0.2) is 0 Å². The summed E-state index contributed by atoms with van der Waals surface area (Å²) in [5.74, 6) is -0.459. The standard InChI is InChI=1S/C10H16O7/c1-8(2)9(11)15-6-4-14-5-7-16-17-10(12)13-3/h1,4-7H2,2-3H3. The lowest BCUT2D eigenvalue weighted by molar-refractivity contribution is -0.258. The van der Waals surface area contributed by atoms with Gasteiger partial charge in [-0.3, -0.25) is 4.89 Å². The molecule has 0 rings (SSSR count). The third-order valence-corrected chi connectivity index (χ3v) is 1.41. The summed E-state index contributed by atoms with van der Waals surface area (Å²) in [6, 6.07) is 0. The number of hydrogen-bond donors (Lipinski definition) is 0. The van der Waals surface area contributed by atoms with Gasteiger partial charge >= 0.3 is 12.1 Å². The van der Waals surface area contributed by atoms with Gasteiger partial charge in [-0.15, -0.1) is 0 Å². The molecule has 0 aromatic carbocycles. The highest BCUT2D eigenvalue weighted by molar-refractivity contribution is 5.86. The van der Waals surface area contributed by atoms with Gasteiger partial charge in [-0.2, -0.15) is 4.89 Å². The van der Waals surface area contributed by atoms with Crippen LogP contribution in [0.2, 0.25) is 0 Å². The molecule has 0 spiro atoms. The first-order valence-corrected chi connectivity index (χ1v) is 4.85. The van der Waals surface area contributed by atoms with Crippen LogP contribution in [0.3, 0.4) is 0 Å². The lowest BCUT2D eigenvalue weighted by Crippen LogP contribution is -2.14. The maximum absolute atomic E-state index is 10.9. The van der Waals surface area contributed by atoms with Crippen molar-refractivity contribution < 1.29 is 33.6 Å². The monoisotopic (exact) mass is 248 g/mol. The van der Waals surface area contributed by atoms with Crippen molar-refractivity contribution >= 4 is 12.1 Å². The van der Waals surface area contributed by atoms with E-state index in [4.69, 9.17) is 9.47 Å². The van der Waals surface area contributed by atoms with E-state index in [1.165, 1.54) is 0 Å². The molecule has 0 aromatic rings. The first-order valence-electron chi connectivity index (χ1n) is 4.85. The quantitative estimate of drug-likeness (QED) is 0.207. The molecule has 0 heterocycles. The van der Waals surface area contributed by atoms with E-state index in [2.05, 4.69) is 21.1 Å². The molecular formula is C10H16O7. The van der Waals surface area contributed by atoms with E-state index in [1.54, 1.807) is 6.92 Å². The summed E-state index contributed by atoms with van der Waals surface area (Å²) >= 11 is 0. The molecule has 0 aromatic heterocycles. The van der Waals surface area contributed by atoms with Crippen LogP contribution in [-0.2, 0) is 28.8 Å². The smallest absolute Gasteiger partial charge is 0.460 e. The molecule has 0 radical (unpaired) electrons. The molecule has 0 amide bonds. The summed E-state index contributed by atoms with van der Waals surface area (Å²) in [7, 11) is 1.16. The van der Waals surface area contributed by atoms with Gasteiger partial charge in [-0.1, -0.05) is 6.58 Å². The van der Waals surface area contributed by atoms with Gasteiger partial charge in [0.1, 0.15) is 13.2 Å². The second-order valence-corrected chi connectivity index (χ2v) is 2.89. The van der Waals surface area contributed by atoms with Crippen LogP contribution in [0.1, 0.15) is 6.92 Å². The highest BCUT2D eigenvalue weighted by Crippen LogP contribution is 1.91. The first-order chi connectivity index (χ1) is 8.07. The third kappa shape index (κ3) is 9.34. The topological polar surface area (TPSA) is 80.3 Å². The SMILES string of the molecule is C=C(C)C(=O)OCCOCCOOC(=O)OC. The minimum Gasteiger partial charge on any atom is -0.460 e. The zero-order chi connectivity index (χ0) is 13.1. The van der Waals surface area contributed by atoms with Gasteiger partial charge in [0.05, 0.1) is 20.3 Å². The molecular weight excluding hydrogens is 232 g/mol. The van der Waals surface area contributed by atoms with Crippen LogP contribution in [0.15, 0.2) is 12.2 Å². The van der Waals surface area contributed by atoms with Crippen LogP contribution in [0.25, 0.3) is 0 Å². The molecule has 0 bridgehead atoms. The maximum atomic E-state index is 10.9. The van der Waals surface area contributed by atoms with Crippen molar-refractivity contribution in [2.24, 2.45) is 0 Å². The highest BCUT2D eigenvalue weighted by Gasteiger charge is 2.02. The number of hydrogen-bond acceptors (Lipinski definition) is 7. The fraction of sp³-hybridized carbons (Fsp3) is 0.600. The Hall–Kier alpha value is -1.60. The number of methoxy groups -OCH3 is 1. The third-order valence-electron chi connectivity index (χ3n) is 1.41. The van der Waals surface area contributed by atoms with Crippen LogP contribution < -0.4 is 0 Å². The molecule has 0 saturated heterocycles. The van der Waals surface area contributed by atoms with E-state index in [1.807, 2.05) is 0 Å². The van der Waals surface area contributed by atoms with E-state index in [9.17, 15) is 9.59 Å². The molecule has 7 heteroatoms. The van der Waals surface area contributed by atoms with E-state index >= 15 is 0 Å². The second kappa shape index (κ2) is 9.61. The maximum Gasteiger partial charge on any atom is 0.540 e. The van der Waals surface area contributed by atoms with Crippen molar-refractivity contribution in [3.63, 3.8) is 0 Å². The molecule has 0 saturated carbocycles. The zero-order valence-corrected chi connectivity index (χ0v) is 9.89. The summed E-state index contributed by atoms with van der Waals surface area (Å²) in [4.78, 5) is 29.9. The fourth-order valence-electron chi connectivity index (χ4n) is 0.635. The van der Waals surface area contributed by atoms with Crippen LogP contribution >= 0.6 is 0 Å². The predicted molar refractivity (Wildman–Crippen MR) is 56.0 cm³/mol. The van der Waals surface area contributed by atoms with Crippen molar-refractivity contribution in [1.29, 1.82) is 0 Å². The van der Waals surface area contributed by atoms with Gasteiger partial charge in [0.2, 0.25) is 0 Å². The lowest BCUT2D eigenvalue weighted by atomic mass is 10.4. The van der Waals surface area contributed by atoms with E-state index in [0.717, 1.165) is 7.11 Å². The van der Waals surface area contributed by atoms with Crippen molar-refractivity contribution in [2.45, 2.75) is 6.92 Å². The minimum atomic E-state index is -0.930. The molecule has 0 aliphatic carbocycles. The Labute approximate surface area is 99.2 Å².